The fraction of sp³-hybridized carbons (Fsp3) is 0.227. The summed E-state index contributed by atoms with van der Waals surface area (Å²) >= 11 is 0. The number of carboxylic acids is 1. The van der Waals surface area contributed by atoms with Crippen LogP contribution in [-0.2, 0) is 22.4 Å². The van der Waals surface area contributed by atoms with E-state index < -0.39 is 17.9 Å². The Kier molecular flexibility index (Phi) is 5.48. The van der Waals surface area contributed by atoms with E-state index in [1.165, 1.54) is 6.92 Å². The third-order valence-electron chi connectivity index (χ3n) is 5.06. The maximum absolute atomic E-state index is 12.0. The highest BCUT2D eigenvalue weighted by molar-refractivity contribution is 5.97. The molecule has 9 heteroatoms. The van der Waals surface area contributed by atoms with Crippen LogP contribution in [0.1, 0.15) is 28.5 Å². The first kappa shape index (κ1) is 20.3. The highest BCUT2D eigenvalue weighted by atomic mass is 16.4. The van der Waals surface area contributed by atoms with Gasteiger partial charge >= 0.3 is 5.97 Å². The topological polar surface area (TPSA) is 137 Å². The number of aliphatic carboxylic acids is 1. The Morgan fingerprint density at radius 2 is 2.00 bits per heavy atom. The molecule has 158 valence electrons. The Hall–Kier alpha value is -4.01. The van der Waals surface area contributed by atoms with Gasteiger partial charge in [-0.05, 0) is 17.7 Å². The first-order valence-corrected chi connectivity index (χ1v) is 9.83. The molecule has 2 aromatic heterocycles. The number of hydrogen-bond donors (Lipinski definition) is 4. The molecule has 2 amide bonds. The van der Waals surface area contributed by atoms with Gasteiger partial charge in [0.05, 0.1) is 17.0 Å². The summed E-state index contributed by atoms with van der Waals surface area (Å²) < 4.78 is 0. The predicted octanol–water partition coefficient (Wildman–Crippen LogP) is 1.56. The molecule has 3 aromatic rings. The van der Waals surface area contributed by atoms with Gasteiger partial charge in [0.25, 0.3) is 5.91 Å². The zero-order chi connectivity index (χ0) is 22.0. The second kappa shape index (κ2) is 8.39. The molecule has 3 heterocycles. The number of H-pyrrole nitrogens is 1. The van der Waals surface area contributed by atoms with Crippen LogP contribution in [-0.4, -0.2) is 50.4 Å². The average molecular weight is 419 g/mol. The maximum Gasteiger partial charge on any atom is 0.326 e. The van der Waals surface area contributed by atoms with Crippen molar-refractivity contribution in [3.63, 3.8) is 0 Å². The Morgan fingerprint density at radius 1 is 1.23 bits per heavy atom. The van der Waals surface area contributed by atoms with Crippen LogP contribution >= 0.6 is 0 Å². The fourth-order valence-electron chi connectivity index (χ4n) is 3.55. The number of carboxylic acid groups (broad SMARTS) is 1. The highest BCUT2D eigenvalue weighted by Gasteiger charge is 2.21. The van der Waals surface area contributed by atoms with Crippen LogP contribution in [0.5, 0.6) is 0 Å². The molecule has 31 heavy (non-hydrogen) atoms. The van der Waals surface area contributed by atoms with Crippen LogP contribution in [0.25, 0.3) is 22.8 Å². The Balaban J connectivity index is 1.55. The maximum atomic E-state index is 12.0. The fourth-order valence-corrected chi connectivity index (χ4v) is 3.55. The van der Waals surface area contributed by atoms with Crippen molar-refractivity contribution >= 4 is 17.8 Å². The Morgan fingerprint density at radius 3 is 2.68 bits per heavy atom. The van der Waals surface area contributed by atoms with Crippen molar-refractivity contribution in [1.29, 1.82) is 0 Å². The summed E-state index contributed by atoms with van der Waals surface area (Å²) in [5.74, 6) is -1.05. The van der Waals surface area contributed by atoms with Gasteiger partial charge in [-0.1, -0.05) is 24.3 Å². The second-order valence-electron chi connectivity index (χ2n) is 7.34. The molecule has 0 aliphatic carbocycles. The number of hydrogen-bond acceptors (Lipinski definition) is 5. The normalized spacial score (nSPS) is 13.8. The molecular formula is C22H21N5O4. The number of nitrogens with zero attached hydrogens (tertiary/aromatic N) is 2. The molecule has 4 N–H and O–H groups in total. The second-order valence-corrected chi connectivity index (χ2v) is 7.34. The molecule has 9 nitrogen and oxygen atoms in total. The summed E-state index contributed by atoms with van der Waals surface area (Å²) in [4.78, 5) is 46.8. The molecule has 0 spiro atoms. The van der Waals surface area contributed by atoms with Gasteiger partial charge in [-0.3, -0.25) is 9.59 Å². The van der Waals surface area contributed by atoms with E-state index >= 15 is 0 Å². The number of carbonyl (C=O) groups is 3. The summed E-state index contributed by atoms with van der Waals surface area (Å²) in [6.45, 7) is 1.90. The molecular weight excluding hydrogens is 398 g/mol. The molecule has 1 aromatic carbocycles. The number of aromatic amines is 1. The lowest BCUT2D eigenvalue weighted by molar-refractivity contribution is -0.141. The van der Waals surface area contributed by atoms with Crippen LogP contribution in [0.4, 0.5) is 0 Å². The van der Waals surface area contributed by atoms with Crippen molar-refractivity contribution in [2.45, 2.75) is 25.8 Å². The van der Waals surface area contributed by atoms with E-state index in [1.54, 1.807) is 30.5 Å². The minimum Gasteiger partial charge on any atom is -0.480 e. The summed E-state index contributed by atoms with van der Waals surface area (Å²) in [6, 6.07) is 9.80. The Bertz CT molecular complexity index is 1150. The van der Waals surface area contributed by atoms with Crippen molar-refractivity contribution in [3.05, 3.63) is 59.4 Å². The lowest BCUT2D eigenvalue weighted by Gasteiger charge is -2.13. The third-order valence-corrected chi connectivity index (χ3v) is 5.06. The highest BCUT2D eigenvalue weighted by Crippen LogP contribution is 2.24. The van der Waals surface area contributed by atoms with Gasteiger partial charge in [-0.15, -0.1) is 0 Å². The average Bonchev–Trinajstić information content (AvgIpc) is 3.19. The van der Waals surface area contributed by atoms with E-state index in [-0.39, 0.29) is 12.3 Å². The summed E-state index contributed by atoms with van der Waals surface area (Å²) in [7, 11) is 0. The van der Waals surface area contributed by atoms with E-state index in [1.807, 2.05) is 12.1 Å². The number of benzene rings is 1. The van der Waals surface area contributed by atoms with Gasteiger partial charge in [-0.25, -0.2) is 14.8 Å². The van der Waals surface area contributed by atoms with Crippen LogP contribution < -0.4 is 10.6 Å². The molecule has 0 saturated carbocycles. The van der Waals surface area contributed by atoms with Crippen molar-refractivity contribution in [1.82, 2.24) is 25.6 Å². The zero-order valence-corrected chi connectivity index (χ0v) is 16.8. The molecule has 1 aliphatic rings. The third kappa shape index (κ3) is 4.45. The van der Waals surface area contributed by atoms with Crippen LogP contribution in [0.2, 0.25) is 0 Å². The quantitative estimate of drug-likeness (QED) is 0.478. The minimum atomic E-state index is -1.09. The molecule has 1 aliphatic heterocycles. The molecule has 0 radical (unpaired) electrons. The minimum absolute atomic E-state index is 0.0902. The van der Waals surface area contributed by atoms with E-state index in [0.29, 0.717) is 23.6 Å². The van der Waals surface area contributed by atoms with E-state index in [0.717, 1.165) is 28.9 Å². The lowest BCUT2D eigenvalue weighted by Crippen LogP contribution is -2.41. The van der Waals surface area contributed by atoms with Gasteiger partial charge in [0, 0.05) is 43.8 Å². The smallest absolute Gasteiger partial charge is 0.326 e. The van der Waals surface area contributed by atoms with Crippen LogP contribution in [0.15, 0.2) is 42.6 Å². The number of nitrogens with one attached hydrogen (secondary N) is 3. The SMILES string of the molecule is CC(=O)NC(Cc1ccc(-c2nccc(-c3cc4c([nH]3)CCNC4=O)n2)cc1)C(=O)O. The van der Waals surface area contributed by atoms with E-state index in [9.17, 15) is 19.5 Å². The molecule has 0 fully saturated rings. The zero-order valence-electron chi connectivity index (χ0n) is 16.8. The molecule has 4 rings (SSSR count). The standard InChI is InChI=1S/C22H21N5O4/c1-12(28)25-19(22(30)31)10-13-2-4-14(5-3-13)20-23-8-7-17(27-20)18-11-15-16(26-18)6-9-24-21(15)29/h2-5,7-8,11,19,26H,6,9-10H2,1H3,(H,24,29)(H,25,28)(H,30,31). The predicted molar refractivity (Wildman–Crippen MR) is 112 cm³/mol. The summed E-state index contributed by atoms with van der Waals surface area (Å²) in [5, 5.41) is 14.5. The van der Waals surface area contributed by atoms with Gasteiger partial charge < -0.3 is 20.7 Å². The Labute approximate surface area is 177 Å². The van der Waals surface area contributed by atoms with E-state index in [2.05, 4.69) is 25.6 Å². The van der Waals surface area contributed by atoms with Gasteiger partial charge in [0.15, 0.2) is 5.82 Å². The molecule has 0 saturated heterocycles. The van der Waals surface area contributed by atoms with Gasteiger partial charge in [-0.2, -0.15) is 0 Å². The summed E-state index contributed by atoms with van der Waals surface area (Å²) in [5.41, 5.74) is 4.50. The molecule has 0 bridgehead atoms. The first-order valence-electron chi connectivity index (χ1n) is 9.83. The van der Waals surface area contributed by atoms with Crippen molar-refractivity contribution in [3.8, 4) is 22.8 Å². The largest absolute Gasteiger partial charge is 0.480 e. The molecule has 1 unspecified atom stereocenters. The first-order chi connectivity index (χ1) is 14.9. The van der Waals surface area contributed by atoms with Crippen LogP contribution in [0, 0.1) is 0 Å². The number of fused-ring (bicyclic) bond motifs is 1. The van der Waals surface area contributed by atoms with Gasteiger partial charge in [0.2, 0.25) is 5.91 Å². The number of amides is 2. The van der Waals surface area contributed by atoms with Crippen LogP contribution in [0.3, 0.4) is 0 Å². The summed E-state index contributed by atoms with van der Waals surface area (Å²) in [6.07, 6.45) is 2.57. The number of aromatic nitrogens is 3. The van der Waals surface area contributed by atoms with Gasteiger partial charge in [0.1, 0.15) is 6.04 Å². The van der Waals surface area contributed by atoms with Crippen molar-refractivity contribution in [2.24, 2.45) is 0 Å². The monoisotopic (exact) mass is 419 g/mol. The number of rotatable bonds is 6. The lowest BCUT2D eigenvalue weighted by atomic mass is 10.0. The molecule has 1 atom stereocenters. The van der Waals surface area contributed by atoms with Crippen molar-refractivity contribution in [2.75, 3.05) is 6.54 Å². The number of carbonyl (C=O) groups excluding carboxylic acids is 2. The van der Waals surface area contributed by atoms with Crippen molar-refractivity contribution < 1.29 is 19.5 Å². The van der Waals surface area contributed by atoms with E-state index in [4.69, 9.17) is 0 Å².